The van der Waals surface area contributed by atoms with Gasteiger partial charge in [-0.05, 0) is 52.3 Å². The molecule has 0 aromatic heterocycles. The molecule has 4 heteroatoms. The van der Waals surface area contributed by atoms with Crippen molar-refractivity contribution in [3.63, 3.8) is 0 Å². The quantitative estimate of drug-likeness (QED) is 0.856. The number of hydrogen-bond donors (Lipinski definition) is 1. The van der Waals surface area contributed by atoms with E-state index in [0.29, 0.717) is 5.56 Å². The summed E-state index contributed by atoms with van der Waals surface area (Å²) in [5, 5.41) is 0. The van der Waals surface area contributed by atoms with Crippen LogP contribution in [-0.2, 0) is 9.53 Å². The monoisotopic (exact) mass is 267 g/mol. The van der Waals surface area contributed by atoms with Gasteiger partial charge in [0.05, 0.1) is 5.41 Å². The Bertz CT molecular complexity index is 463. The van der Waals surface area contributed by atoms with Crippen molar-refractivity contribution in [2.45, 2.75) is 46.3 Å². The Kier molecular flexibility index (Phi) is 4.35. The zero-order chi connectivity index (χ0) is 14.8. The van der Waals surface area contributed by atoms with Gasteiger partial charge in [-0.3, -0.25) is 4.79 Å². The maximum atomic E-state index is 13.2. The van der Waals surface area contributed by atoms with Crippen molar-refractivity contribution in [2.75, 3.05) is 0 Å². The molecule has 0 unspecified atom stereocenters. The van der Waals surface area contributed by atoms with E-state index in [0.717, 1.165) is 0 Å². The molecule has 106 valence electrons. The third kappa shape index (κ3) is 4.03. The Hall–Kier alpha value is -1.42. The number of halogens is 1. The number of esters is 1. The second-order valence-corrected chi connectivity index (χ2v) is 6.26. The van der Waals surface area contributed by atoms with Crippen molar-refractivity contribution >= 4 is 5.97 Å². The van der Waals surface area contributed by atoms with Gasteiger partial charge in [-0.15, -0.1) is 0 Å². The Morgan fingerprint density at radius 1 is 1.26 bits per heavy atom. The summed E-state index contributed by atoms with van der Waals surface area (Å²) >= 11 is 0. The van der Waals surface area contributed by atoms with Crippen LogP contribution in [-0.4, -0.2) is 11.6 Å². The van der Waals surface area contributed by atoms with Gasteiger partial charge in [0, 0.05) is 6.04 Å². The second kappa shape index (κ2) is 5.29. The topological polar surface area (TPSA) is 52.3 Å². The molecule has 0 saturated carbocycles. The summed E-state index contributed by atoms with van der Waals surface area (Å²) in [5.41, 5.74) is 5.17. The summed E-state index contributed by atoms with van der Waals surface area (Å²) in [7, 11) is 0. The molecule has 0 heterocycles. The minimum Gasteiger partial charge on any atom is -0.460 e. The number of hydrogen-bond acceptors (Lipinski definition) is 3. The fourth-order valence-electron chi connectivity index (χ4n) is 1.65. The first kappa shape index (κ1) is 15.6. The summed E-state index contributed by atoms with van der Waals surface area (Å²) in [6.45, 7) is 8.81. The minimum atomic E-state index is -0.929. The van der Waals surface area contributed by atoms with Crippen molar-refractivity contribution in [3.05, 3.63) is 35.6 Å². The van der Waals surface area contributed by atoms with Gasteiger partial charge < -0.3 is 10.5 Å². The molecule has 0 fully saturated rings. The van der Waals surface area contributed by atoms with Crippen LogP contribution >= 0.6 is 0 Å². The van der Waals surface area contributed by atoms with E-state index >= 15 is 0 Å². The van der Waals surface area contributed by atoms with E-state index in [9.17, 15) is 9.18 Å². The highest BCUT2D eigenvalue weighted by atomic mass is 19.1. The van der Waals surface area contributed by atoms with Crippen LogP contribution in [0.4, 0.5) is 4.39 Å². The van der Waals surface area contributed by atoms with Gasteiger partial charge >= 0.3 is 5.97 Å². The molecule has 0 aliphatic heterocycles. The molecule has 0 bridgehead atoms. The molecular formula is C15H22FNO2. The number of rotatable bonds is 3. The second-order valence-electron chi connectivity index (χ2n) is 6.26. The third-order valence-electron chi connectivity index (χ3n) is 2.91. The van der Waals surface area contributed by atoms with E-state index in [1.165, 1.54) is 12.1 Å². The molecule has 2 N–H and O–H groups in total. The first-order valence-electron chi connectivity index (χ1n) is 6.28. The average Bonchev–Trinajstić information content (AvgIpc) is 2.25. The maximum absolute atomic E-state index is 13.2. The largest absolute Gasteiger partial charge is 0.460 e. The van der Waals surface area contributed by atoms with Gasteiger partial charge in [0.1, 0.15) is 11.4 Å². The van der Waals surface area contributed by atoms with Gasteiger partial charge in [-0.25, -0.2) is 4.39 Å². The molecule has 1 aromatic carbocycles. The van der Waals surface area contributed by atoms with E-state index in [-0.39, 0.29) is 5.82 Å². The van der Waals surface area contributed by atoms with Gasteiger partial charge in [0.15, 0.2) is 0 Å². The highest BCUT2D eigenvalue weighted by Crippen LogP contribution is 2.34. The summed E-state index contributed by atoms with van der Waals surface area (Å²) in [6, 6.07) is 5.35. The van der Waals surface area contributed by atoms with E-state index in [4.69, 9.17) is 10.5 Å². The summed E-state index contributed by atoms with van der Waals surface area (Å²) in [6.07, 6.45) is 0. The molecule has 1 aromatic rings. The summed E-state index contributed by atoms with van der Waals surface area (Å²) in [4.78, 5) is 12.2. The first-order chi connectivity index (χ1) is 8.54. The van der Waals surface area contributed by atoms with Crippen LogP contribution < -0.4 is 5.73 Å². The normalized spacial score (nSPS) is 14.1. The molecule has 0 radical (unpaired) electrons. The zero-order valence-electron chi connectivity index (χ0n) is 12.2. The number of benzene rings is 1. The van der Waals surface area contributed by atoms with Crippen LogP contribution in [0.5, 0.6) is 0 Å². The van der Waals surface area contributed by atoms with Crippen LogP contribution in [0.15, 0.2) is 24.3 Å². The Morgan fingerprint density at radius 2 is 1.84 bits per heavy atom. The number of ether oxygens (including phenoxy) is 1. The molecule has 0 saturated heterocycles. The number of carbonyl (C=O) groups is 1. The summed E-state index contributed by atoms with van der Waals surface area (Å²) < 4.78 is 18.6. The lowest BCUT2D eigenvalue weighted by Gasteiger charge is -2.33. The van der Waals surface area contributed by atoms with Gasteiger partial charge in [0.2, 0.25) is 0 Å². The smallest absolute Gasteiger partial charge is 0.313 e. The average molecular weight is 267 g/mol. The van der Waals surface area contributed by atoms with Gasteiger partial charge in [-0.1, -0.05) is 12.1 Å². The van der Waals surface area contributed by atoms with E-state index in [1.807, 2.05) is 0 Å². The predicted molar refractivity (Wildman–Crippen MR) is 73.0 cm³/mol. The lowest BCUT2D eigenvalue weighted by atomic mass is 9.81. The van der Waals surface area contributed by atoms with Gasteiger partial charge in [0.25, 0.3) is 0 Å². The minimum absolute atomic E-state index is 0.368. The van der Waals surface area contributed by atoms with Crippen LogP contribution in [0, 0.1) is 11.2 Å². The molecular weight excluding hydrogens is 245 g/mol. The lowest BCUT2D eigenvalue weighted by molar-refractivity contribution is -0.167. The summed E-state index contributed by atoms with van der Waals surface area (Å²) in [5.74, 6) is -0.760. The maximum Gasteiger partial charge on any atom is 0.313 e. The van der Waals surface area contributed by atoms with Crippen LogP contribution in [0.25, 0.3) is 0 Å². The number of nitrogens with two attached hydrogens (primary N) is 1. The Balaban J connectivity index is 2.96. The molecule has 3 nitrogen and oxygen atoms in total. The van der Waals surface area contributed by atoms with E-state index in [2.05, 4.69) is 0 Å². The van der Waals surface area contributed by atoms with E-state index in [1.54, 1.807) is 46.8 Å². The first-order valence-corrected chi connectivity index (χ1v) is 6.28. The Labute approximate surface area is 113 Å². The molecule has 1 atom stereocenters. The predicted octanol–water partition coefficient (Wildman–Crippen LogP) is 3.19. The highest BCUT2D eigenvalue weighted by Gasteiger charge is 2.39. The van der Waals surface area contributed by atoms with Crippen LogP contribution in [0.1, 0.15) is 46.2 Å². The van der Waals surface area contributed by atoms with Crippen LogP contribution in [0.2, 0.25) is 0 Å². The van der Waals surface area contributed by atoms with Gasteiger partial charge in [-0.2, -0.15) is 0 Å². The van der Waals surface area contributed by atoms with E-state index < -0.39 is 23.0 Å². The zero-order valence-corrected chi connectivity index (χ0v) is 12.2. The van der Waals surface area contributed by atoms with Crippen LogP contribution in [0.3, 0.4) is 0 Å². The van der Waals surface area contributed by atoms with Crippen molar-refractivity contribution in [1.29, 1.82) is 0 Å². The molecule has 0 aliphatic rings. The SMILES string of the molecule is CC(C)(C)OC(=O)C(C)(C)[C@H](N)c1cccc(F)c1. The van der Waals surface area contributed by atoms with Crippen molar-refractivity contribution in [1.82, 2.24) is 0 Å². The molecule has 19 heavy (non-hydrogen) atoms. The van der Waals surface area contributed by atoms with Crippen molar-refractivity contribution in [2.24, 2.45) is 11.1 Å². The molecule has 0 aliphatic carbocycles. The fourth-order valence-corrected chi connectivity index (χ4v) is 1.65. The lowest BCUT2D eigenvalue weighted by Crippen LogP contribution is -2.41. The van der Waals surface area contributed by atoms with Crippen molar-refractivity contribution < 1.29 is 13.9 Å². The third-order valence-corrected chi connectivity index (χ3v) is 2.91. The molecule has 0 amide bonds. The molecule has 1 rings (SSSR count). The highest BCUT2D eigenvalue weighted by molar-refractivity contribution is 5.77. The standard InChI is InChI=1S/C15H22FNO2/c1-14(2,3)19-13(18)15(4,5)12(17)10-7-6-8-11(16)9-10/h6-9,12H,17H2,1-5H3/t12-/m1/s1. The number of carbonyl (C=O) groups excluding carboxylic acids is 1. The Morgan fingerprint density at radius 3 is 2.32 bits per heavy atom. The fraction of sp³-hybridized carbons (Fsp3) is 0.533. The molecule has 0 spiro atoms. The van der Waals surface area contributed by atoms with Crippen molar-refractivity contribution in [3.8, 4) is 0 Å².